The molecular weight excluding hydrogens is 264 g/mol. The van der Waals surface area contributed by atoms with Crippen LogP contribution in [0.15, 0.2) is 24.3 Å². The molecule has 0 atom stereocenters. The van der Waals surface area contributed by atoms with Gasteiger partial charge in [-0.1, -0.05) is 12.1 Å². The molecule has 0 aliphatic carbocycles. The molecule has 0 bridgehead atoms. The minimum Gasteiger partial charge on any atom is -0.383 e. The van der Waals surface area contributed by atoms with E-state index in [0.717, 1.165) is 0 Å². The van der Waals surface area contributed by atoms with E-state index < -0.39 is 10.8 Å². The molecule has 0 fully saturated rings. The molecule has 0 aliphatic heterocycles. The number of benzene rings is 1. The standard InChI is InChI=1S/C13H18N2O5/c1-19-9-7-14(8-10-20-2)13(16)11-5-3-4-6-12(11)15(17)18/h3-6H,7-10H2,1-2H3. The van der Waals surface area contributed by atoms with Crippen LogP contribution in [0, 0.1) is 10.1 Å². The first-order chi connectivity index (χ1) is 9.61. The van der Waals surface area contributed by atoms with Gasteiger partial charge in [0.05, 0.1) is 18.1 Å². The Morgan fingerprint density at radius 1 is 1.20 bits per heavy atom. The normalized spacial score (nSPS) is 10.3. The Kier molecular flexibility index (Phi) is 6.61. The molecule has 0 saturated carbocycles. The van der Waals surface area contributed by atoms with Crippen LogP contribution >= 0.6 is 0 Å². The van der Waals surface area contributed by atoms with Crippen LogP contribution in [-0.4, -0.2) is 56.3 Å². The number of carbonyl (C=O) groups is 1. The average Bonchev–Trinajstić information content (AvgIpc) is 2.46. The molecule has 110 valence electrons. The van der Waals surface area contributed by atoms with Gasteiger partial charge < -0.3 is 14.4 Å². The Morgan fingerprint density at radius 2 is 1.75 bits per heavy atom. The summed E-state index contributed by atoms with van der Waals surface area (Å²) in [6.07, 6.45) is 0. The summed E-state index contributed by atoms with van der Waals surface area (Å²) in [5.41, 5.74) is -0.123. The number of nitro groups is 1. The molecule has 0 aliphatic rings. The number of carbonyl (C=O) groups excluding carboxylic acids is 1. The molecule has 0 unspecified atom stereocenters. The summed E-state index contributed by atoms with van der Waals surface area (Å²) < 4.78 is 9.89. The molecule has 7 nitrogen and oxygen atoms in total. The van der Waals surface area contributed by atoms with E-state index >= 15 is 0 Å². The van der Waals surface area contributed by atoms with E-state index in [4.69, 9.17) is 9.47 Å². The van der Waals surface area contributed by atoms with Crippen LogP contribution in [0.25, 0.3) is 0 Å². The van der Waals surface area contributed by atoms with Crippen molar-refractivity contribution in [2.45, 2.75) is 0 Å². The molecule has 0 aromatic heterocycles. The lowest BCUT2D eigenvalue weighted by Crippen LogP contribution is -2.36. The van der Waals surface area contributed by atoms with Crippen LogP contribution in [0.5, 0.6) is 0 Å². The van der Waals surface area contributed by atoms with Gasteiger partial charge in [0.15, 0.2) is 0 Å². The smallest absolute Gasteiger partial charge is 0.282 e. The summed E-state index contributed by atoms with van der Waals surface area (Å²) in [7, 11) is 3.06. The number of para-hydroxylation sites is 1. The Hall–Kier alpha value is -1.99. The maximum atomic E-state index is 12.4. The van der Waals surface area contributed by atoms with Crippen LogP contribution in [0.4, 0.5) is 5.69 Å². The van der Waals surface area contributed by atoms with Gasteiger partial charge in [0, 0.05) is 33.4 Å². The number of methoxy groups -OCH3 is 2. The first-order valence-electron chi connectivity index (χ1n) is 6.12. The molecule has 1 rings (SSSR count). The zero-order valence-corrected chi connectivity index (χ0v) is 11.6. The third-order valence-electron chi connectivity index (χ3n) is 2.75. The van der Waals surface area contributed by atoms with Crippen LogP contribution in [-0.2, 0) is 9.47 Å². The second-order valence-corrected chi connectivity index (χ2v) is 4.05. The fraction of sp³-hybridized carbons (Fsp3) is 0.462. The second kappa shape index (κ2) is 8.23. The number of amides is 1. The van der Waals surface area contributed by atoms with Gasteiger partial charge in [-0.2, -0.15) is 0 Å². The maximum Gasteiger partial charge on any atom is 0.282 e. The number of nitro benzene ring substituents is 1. The predicted molar refractivity (Wildman–Crippen MR) is 72.8 cm³/mol. The number of nitrogens with zero attached hydrogens (tertiary/aromatic N) is 2. The van der Waals surface area contributed by atoms with E-state index in [1.165, 1.54) is 37.3 Å². The van der Waals surface area contributed by atoms with E-state index in [9.17, 15) is 14.9 Å². The van der Waals surface area contributed by atoms with E-state index in [1.54, 1.807) is 6.07 Å². The third-order valence-corrected chi connectivity index (χ3v) is 2.75. The maximum absolute atomic E-state index is 12.4. The number of rotatable bonds is 8. The lowest BCUT2D eigenvalue weighted by Gasteiger charge is -2.21. The van der Waals surface area contributed by atoms with Crippen molar-refractivity contribution in [3.8, 4) is 0 Å². The highest BCUT2D eigenvalue weighted by Gasteiger charge is 2.23. The summed E-state index contributed by atoms with van der Waals surface area (Å²) >= 11 is 0. The van der Waals surface area contributed by atoms with E-state index in [-0.39, 0.29) is 11.3 Å². The fourth-order valence-corrected chi connectivity index (χ4v) is 1.70. The molecular formula is C13H18N2O5. The fourth-order valence-electron chi connectivity index (χ4n) is 1.70. The zero-order valence-electron chi connectivity index (χ0n) is 11.6. The zero-order chi connectivity index (χ0) is 15.0. The van der Waals surface area contributed by atoms with Crippen molar-refractivity contribution in [1.82, 2.24) is 4.90 Å². The van der Waals surface area contributed by atoms with Crippen LogP contribution in [0.1, 0.15) is 10.4 Å². The summed E-state index contributed by atoms with van der Waals surface area (Å²) in [6, 6.07) is 5.90. The monoisotopic (exact) mass is 282 g/mol. The van der Waals surface area contributed by atoms with Crippen LogP contribution in [0.3, 0.4) is 0 Å². The largest absolute Gasteiger partial charge is 0.383 e. The van der Waals surface area contributed by atoms with Gasteiger partial charge in [-0.3, -0.25) is 14.9 Å². The first-order valence-corrected chi connectivity index (χ1v) is 6.12. The highest BCUT2D eigenvalue weighted by atomic mass is 16.6. The molecule has 1 aromatic rings. The minimum atomic E-state index is -0.557. The molecule has 7 heteroatoms. The molecule has 0 heterocycles. The van der Waals surface area contributed by atoms with E-state index in [2.05, 4.69) is 0 Å². The van der Waals surface area contributed by atoms with Gasteiger partial charge in [0.2, 0.25) is 0 Å². The summed E-state index contributed by atoms with van der Waals surface area (Å²) in [6.45, 7) is 1.42. The lowest BCUT2D eigenvalue weighted by molar-refractivity contribution is -0.385. The number of ether oxygens (including phenoxy) is 2. The van der Waals surface area contributed by atoms with Crippen LogP contribution < -0.4 is 0 Å². The lowest BCUT2D eigenvalue weighted by atomic mass is 10.1. The van der Waals surface area contributed by atoms with Crippen molar-refractivity contribution in [1.29, 1.82) is 0 Å². The highest BCUT2D eigenvalue weighted by Crippen LogP contribution is 2.19. The second-order valence-electron chi connectivity index (χ2n) is 4.05. The molecule has 0 spiro atoms. The Labute approximate surface area is 117 Å². The van der Waals surface area contributed by atoms with Gasteiger partial charge in [-0.15, -0.1) is 0 Å². The van der Waals surface area contributed by atoms with Crippen molar-refractivity contribution in [2.75, 3.05) is 40.5 Å². The Balaban J connectivity index is 2.95. The van der Waals surface area contributed by atoms with Gasteiger partial charge >= 0.3 is 0 Å². The molecule has 20 heavy (non-hydrogen) atoms. The SMILES string of the molecule is COCCN(CCOC)C(=O)c1ccccc1[N+](=O)[O-]. The van der Waals surface area contributed by atoms with Gasteiger partial charge in [0.25, 0.3) is 11.6 Å². The Morgan fingerprint density at radius 3 is 2.25 bits per heavy atom. The van der Waals surface area contributed by atoms with Gasteiger partial charge in [-0.25, -0.2) is 0 Å². The summed E-state index contributed by atoms with van der Waals surface area (Å²) in [5.74, 6) is -0.397. The number of hydrogen-bond acceptors (Lipinski definition) is 5. The predicted octanol–water partition coefficient (Wildman–Crippen LogP) is 1.33. The molecule has 1 aromatic carbocycles. The topological polar surface area (TPSA) is 81.9 Å². The van der Waals surface area contributed by atoms with Crippen molar-refractivity contribution >= 4 is 11.6 Å². The minimum absolute atomic E-state index is 0.0738. The van der Waals surface area contributed by atoms with E-state index in [0.29, 0.717) is 26.3 Å². The van der Waals surface area contributed by atoms with Crippen LogP contribution in [0.2, 0.25) is 0 Å². The summed E-state index contributed by atoms with van der Waals surface area (Å²) in [4.78, 5) is 24.3. The number of hydrogen-bond donors (Lipinski definition) is 0. The third kappa shape index (κ3) is 4.29. The highest BCUT2D eigenvalue weighted by molar-refractivity contribution is 5.98. The molecule has 0 radical (unpaired) electrons. The van der Waals surface area contributed by atoms with Gasteiger partial charge in [-0.05, 0) is 6.07 Å². The van der Waals surface area contributed by atoms with Gasteiger partial charge in [0.1, 0.15) is 5.56 Å². The quantitative estimate of drug-likeness (QED) is 0.530. The van der Waals surface area contributed by atoms with Crippen molar-refractivity contribution in [3.05, 3.63) is 39.9 Å². The molecule has 0 saturated heterocycles. The van der Waals surface area contributed by atoms with Crippen molar-refractivity contribution < 1.29 is 19.2 Å². The van der Waals surface area contributed by atoms with E-state index in [1.807, 2.05) is 0 Å². The first kappa shape index (κ1) is 16.1. The molecule has 0 N–H and O–H groups in total. The van der Waals surface area contributed by atoms with Crippen molar-refractivity contribution in [3.63, 3.8) is 0 Å². The molecule has 1 amide bonds. The average molecular weight is 282 g/mol. The summed E-state index contributed by atoms with van der Waals surface area (Å²) in [5, 5.41) is 11.0. The van der Waals surface area contributed by atoms with Crippen molar-refractivity contribution in [2.24, 2.45) is 0 Å². The Bertz CT molecular complexity index is 456.